The SMILES string of the molecule is CCCC(C#N)NC(=O)CC1CCCCC1. The average molecular weight is 222 g/mol. The summed E-state index contributed by atoms with van der Waals surface area (Å²) in [5.41, 5.74) is 0. The molecule has 1 aliphatic rings. The maximum absolute atomic E-state index is 11.7. The van der Waals surface area contributed by atoms with Gasteiger partial charge >= 0.3 is 0 Å². The van der Waals surface area contributed by atoms with Crippen molar-refractivity contribution in [3.8, 4) is 6.07 Å². The van der Waals surface area contributed by atoms with Gasteiger partial charge in [0.1, 0.15) is 6.04 Å². The van der Waals surface area contributed by atoms with Crippen LogP contribution in [0.2, 0.25) is 0 Å². The van der Waals surface area contributed by atoms with E-state index >= 15 is 0 Å². The highest BCUT2D eigenvalue weighted by atomic mass is 16.1. The van der Waals surface area contributed by atoms with E-state index in [1.165, 1.54) is 32.1 Å². The molecule has 1 amide bonds. The van der Waals surface area contributed by atoms with Crippen molar-refractivity contribution in [1.29, 1.82) is 5.26 Å². The minimum absolute atomic E-state index is 0.0619. The number of nitriles is 1. The first-order valence-electron chi connectivity index (χ1n) is 6.45. The fraction of sp³-hybridized carbons (Fsp3) is 0.846. The van der Waals surface area contributed by atoms with Crippen molar-refractivity contribution in [2.24, 2.45) is 5.92 Å². The number of hydrogen-bond acceptors (Lipinski definition) is 2. The minimum atomic E-state index is -0.291. The van der Waals surface area contributed by atoms with Crippen LogP contribution < -0.4 is 5.32 Å². The Hall–Kier alpha value is -1.04. The molecule has 1 rings (SSSR count). The molecule has 0 saturated heterocycles. The lowest BCUT2D eigenvalue weighted by Gasteiger charge is -2.21. The number of carbonyl (C=O) groups excluding carboxylic acids is 1. The molecular formula is C13H22N2O. The van der Waals surface area contributed by atoms with E-state index in [1.807, 2.05) is 6.92 Å². The van der Waals surface area contributed by atoms with Crippen molar-refractivity contribution >= 4 is 5.91 Å². The van der Waals surface area contributed by atoms with E-state index in [9.17, 15) is 4.79 Å². The van der Waals surface area contributed by atoms with E-state index in [4.69, 9.17) is 5.26 Å². The van der Waals surface area contributed by atoms with Gasteiger partial charge in [-0.3, -0.25) is 4.79 Å². The van der Waals surface area contributed by atoms with Crippen LogP contribution >= 0.6 is 0 Å². The van der Waals surface area contributed by atoms with E-state index < -0.39 is 0 Å². The summed E-state index contributed by atoms with van der Waals surface area (Å²) in [5.74, 6) is 0.613. The Balaban J connectivity index is 2.26. The molecular weight excluding hydrogens is 200 g/mol. The van der Waals surface area contributed by atoms with Gasteiger partial charge in [-0.25, -0.2) is 0 Å². The third kappa shape index (κ3) is 4.65. The van der Waals surface area contributed by atoms with Gasteiger partial charge in [0, 0.05) is 6.42 Å². The Morgan fingerprint density at radius 3 is 2.69 bits per heavy atom. The van der Waals surface area contributed by atoms with Crippen LogP contribution in [0.3, 0.4) is 0 Å². The Morgan fingerprint density at radius 1 is 1.44 bits per heavy atom. The molecule has 3 nitrogen and oxygen atoms in total. The predicted octanol–water partition coefficient (Wildman–Crippen LogP) is 2.77. The monoisotopic (exact) mass is 222 g/mol. The van der Waals surface area contributed by atoms with Crippen molar-refractivity contribution in [1.82, 2.24) is 5.32 Å². The normalized spacial score (nSPS) is 18.8. The Kier molecular flexibility index (Phi) is 5.92. The Labute approximate surface area is 98.2 Å². The van der Waals surface area contributed by atoms with Crippen LogP contribution in [0.15, 0.2) is 0 Å². The molecule has 1 aliphatic carbocycles. The number of nitrogens with zero attached hydrogens (tertiary/aromatic N) is 1. The van der Waals surface area contributed by atoms with Crippen LogP contribution in [0.25, 0.3) is 0 Å². The van der Waals surface area contributed by atoms with E-state index in [-0.39, 0.29) is 11.9 Å². The van der Waals surface area contributed by atoms with Crippen molar-refractivity contribution in [3.63, 3.8) is 0 Å². The second-order valence-corrected chi connectivity index (χ2v) is 4.75. The molecule has 1 atom stereocenters. The maximum Gasteiger partial charge on any atom is 0.221 e. The highest BCUT2D eigenvalue weighted by molar-refractivity contribution is 5.76. The van der Waals surface area contributed by atoms with E-state index in [2.05, 4.69) is 11.4 Å². The van der Waals surface area contributed by atoms with Gasteiger partial charge in [-0.1, -0.05) is 32.6 Å². The molecule has 1 saturated carbocycles. The van der Waals surface area contributed by atoms with E-state index in [0.29, 0.717) is 12.3 Å². The lowest BCUT2D eigenvalue weighted by molar-refractivity contribution is -0.122. The van der Waals surface area contributed by atoms with Crippen molar-refractivity contribution in [2.45, 2.75) is 64.3 Å². The van der Waals surface area contributed by atoms with Gasteiger partial charge in [0.15, 0.2) is 0 Å². The third-order valence-electron chi connectivity index (χ3n) is 3.27. The van der Waals surface area contributed by atoms with Crippen molar-refractivity contribution < 1.29 is 4.79 Å². The zero-order valence-electron chi connectivity index (χ0n) is 10.2. The lowest BCUT2D eigenvalue weighted by atomic mass is 9.87. The summed E-state index contributed by atoms with van der Waals surface area (Å²) in [6.07, 6.45) is 8.49. The fourth-order valence-electron chi connectivity index (χ4n) is 2.36. The molecule has 3 heteroatoms. The molecule has 1 fully saturated rings. The van der Waals surface area contributed by atoms with Gasteiger partial charge in [-0.15, -0.1) is 0 Å². The molecule has 0 heterocycles. The minimum Gasteiger partial charge on any atom is -0.340 e. The largest absolute Gasteiger partial charge is 0.340 e. The molecule has 0 aromatic heterocycles. The van der Waals surface area contributed by atoms with Crippen molar-refractivity contribution in [3.05, 3.63) is 0 Å². The van der Waals surface area contributed by atoms with E-state index in [1.54, 1.807) is 0 Å². The smallest absolute Gasteiger partial charge is 0.221 e. The van der Waals surface area contributed by atoms with Gasteiger partial charge in [-0.05, 0) is 25.2 Å². The summed E-state index contributed by atoms with van der Waals surface area (Å²) in [4.78, 5) is 11.7. The topological polar surface area (TPSA) is 52.9 Å². The van der Waals surface area contributed by atoms with Gasteiger partial charge in [0.2, 0.25) is 5.91 Å². The quantitative estimate of drug-likeness (QED) is 0.777. The van der Waals surface area contributed by atoms with E-state index in [0.717, 1.165) is 12.8 Å². The van der Waals surface area contributed by atoms with Gasteiger partial charge in [0.05, 0.1) is 6.07 Å². The second-order valence-electron chi connectivity index (χ2n) is 4.75. The summed E-state index contributed by atoms with van der Waals surface area (Å²) < 4.78 is 0. The summed E-state index contributed by atoms with van der Waals surface area (Å²) in [6.45, 7) is 2.03. The highest BCUT2D eigenvalue weighted by Gasteiger charge is 2.18. The fourth-order valence-corrected chi connectivity index (χ4v) is 2.36. The second kappa shape index (κ2) is 7.27. The summed E-state index contributed by atoms with van der Waals surface area (Å²) in [7, 11) is 0. The third-order valence-corrected chi connectivity index (χ3v) is 3.27. The first-order chi connectivity index (χ1) is 7.76. The maximum atomic E-state index is 11.7. The molecule has 0 bridgehead atoms. The van der Waals surface area contributed by atoms with Gasteiger partial charge < -0.3 is 5.32 Å². The van der Waals surface area contributed by atoms with Crippen LogP contribution in [0.1, 0.15) is 58.3 Å². The lowest BCUT2D eigenvalue weighted by Crippen LogP contribution is -2.34. The first kappa shape index (κ1) is 13.0. The van der Waals surface area contributed by atoms with Crippen LogP contribution in [0.5, 0.6) is 0 Å². The predicted molar refractivity (Wildman–Crippen MR) is 63.6 cm³/mol. The number of amides is 1. The average Bonchev–Trinajstić information content (AvgIpc) is 2.29. The Morgan fingerprint density at radius 2 is 2.12 bits per heavy atom. The zero-order valence-corrected chi connectivity index (χ0v) is 10.2. The molecule has 0 spiro atoms. The molecule has 0 aromatic carbocycles. The zero-order chi connectivity index (χ0) is 11.8. The van der Waals surface area contributed by atoms with Crippen LogP contribution in [0, 0.1) is 17.2 Å². The first-order valence-corrected chi connectivity index (χ1v) is 6.45. The highest BCUT2D eigenvalue weighted by Crippen LogP contribution is 2.26. The van der Waals surface area contributed by atoms with Gasteiger partial charge in [0.25, 0.3) is 0 Å². The van der Waals surface area contributed by atoms with Gasteiger partial charge in [-0.2, -0.15) is 5.26 Å². The van der Waals surface area contributed by atoms with Crippen molar-refractivity contribution in [2.75, 3.05) is 0 Å². The molecule has 90 valence electrons. The number of carbonyl (C=O) groups is 1. The Bertz CT molecular complexity index is 251. The van der Waals surface area contributed by atoms with Crippen LogP contribution in [-0.4, -0.2) is 11.9 Å². The molecule has 1 unspecified atom stereocenters. The number of hydrogen-bond donors (Lipinski definition) is 1. The standard InChI is InChI=1S/C13H22N2O/c1-2-6-12(10-14)15-13(16)9-11-7-4-3-5-8-11/h11-12H,2-9H2,1H3,(H,15,16). The molecule has 0 aromatic rings. The van der Waals surface area contributed by atoms with Crippen LogP contribution in [-0.2, 0) is 4.79 Å². The van der Waals surface area contributed by atoms with Crippen LogP contribution in [0.4, 0.5) is 0 Å². The summed E-state index contributed by atoms with van der Waals surface area (Å²) >= 11 is 0. The number of nitrogens with one attached hydrogen (secondary N) is 1. The number of rotatable bonds is 5. The molecule has 0 aliphatic heterocycles. The summed E-state index contributed by atoms with van der Waals surface area (Å²) in [6, 6.07) is 1.85. The molecule has 1 N–H and O–H groups in total. The molecule has 16 heavy (non-hydrogen) atoms. The summed E-state index contributed by atoms with van der Waals surface area (Å²) in [5, 5.41) is 11.7. The molecule has 0 radical (unpaired) electrons.